The van der Waals surface area contributed by atoms with Gasteiger partial charge >= 0.3 is 0 Å². The number of carbonyl (C=O) groups excluding carboxylic acids is 3. The predicted molar refractivity (Wildman–Crippen MR) is 103 cm³/mol. The molecule has 1 aromatic carbocycles. The average Bonchev–Trinajstić information content (AvgIpc) is 3.21. The number of carbonyl (C=O) groups is 3. The zero-order chi connectivity index (χ0) is 19.2. The Morgan fingerprint density at radius 2 is 2.19 bits per heavy atom. The van der Waals surface area contributed by atoms with Crippen LogP contribution >= 0.6 is 11.3 Å². The van der Waals surface area contributed by atoms with Crippen molar-refractivity contribution < 1.29 is 14.4 Å². The molecule has 2 amide bonds. The van der Waals surface area contributed by atoms with E-state index >= 15 is 0 Å². The van der Waals surface area contributed by atoms with Crippen LogP contribution in [0.4, 0.5) is 0 Å². The van der Waals surface area contributed by atoms with Gasteiger partial charge in [0.1, 0.15) is 10.8 Å². The SMILES string of the molecule is C=C1CCC2(CCN(C(=O)c3ccc4sc(CC(C)=O)nc4c3)C2)C(=O)N1. The number of rotatable bonds is 3. The number of thiazole rings is 1. The van der Waals surface area contributed by atoms with Crippen molar-refractivity contribution in [3.05, 3.63) is 41.0 Å². The molecule has 0 aliphatic carbocycles. The minimum absolute atomic E-state index is 0.0159. The molecule has 6 nitrogen and oxygen atoms in total. The van der Waals surface area contributed by atoms with E-state index in [-0.39, 0.29) is 17.6 Å². The first-order valence-electron chi connectivity index (χ1n) is 9.04. The molecule has 1 spiro atoms. The van der Waals surface area contributed by atoms with E-state index in [9.17, 15) is 14.4 Å². The van der Waals surface area contributed by atoms with Gasteiger partial charge in [-0.1, -0.05) is 6.58 Å². The Balaban J connectivity index is 1.53. The molecule has 7 heteroatoms. The lowest BCUT2D eigenvalue weighted by Crippen LogP contribution is -2.46. The molecule has 2 fully saturated rings. The number of allylic oxidation sites excluding steroid dienone is 1. The number of fused-ring (bicyclic) bond motifs is 1. The van der Waals surface area contributed by atoms with Gasteiger partial charge in [0.15, 0.2) is 0 Å². The van der Waals surface area contributed by atoms with Crippen molar-refractivity contribution in [2.45, 2.75) is 32.6 Å². The van der Waals surface area contributed by atoms with Gasteiger partial charge in [-0.25, -0.2) is 4.98 Å². The number of ketones is 1. The van der Waals surface area contributed by atoms with Crippen molar-refractivity contribution in [3.63, 3.8) is 0 Å². The number of hydrogen-bond acceptors (Lipinski definition) is 5. The van der Waals surface area contributed by atoms with E-state index in [0.29, 0.717) is 31.5 Å². The molecule has 1 unspecified atom stereocenters. The van der Waals surface area contributed by atoms with Gasteiger partial charge < -0.3 is 10.2 Å². The molecular weight excluding hydrogens is 362 g/mol. The molecule has 27 heavy (non-hydrogen) atoms. The number of Topliss-reactive ketones (excluding diaryl/α,β-unsaturated/α-hetero) is 1. The first-order valence-corrected chi connectivity index (χ1v) is 9.85. The third-order valence-electron chi connectivity index (χ3n) is 5.40. The Labute approximate surface area is 161 Å². The summed E-state index contributed by atoms with van der Waals surface area (Å²) in [6, 6.07) is 5.47. The van der Waals surface area contributed by atoms with Crippen LogP contribution in [0.3, 0.4) is 0 Å². The summed E-state index contributed by atoms with van der Waals surface area (Å²) < 4.78 is 0.964. The molecule has 0 saturated carbocycles. The summed E-state index contributed by atoms with van der Waals surface area (Å²) in [6.45, 7) is 6.39. The summed E-state index contributed by atoms with van der Waals surface area (Å²) in [5, 5.41) is 3.61. The third kappa shape index (κ3) is 3.27. The van der Waals surface area contributed by atoms with E-state index in [1.54, 1.807) is 24.0 Å². The van der Waals surface area contributed by atoms with E-state index < -0.39 is 5.41 Å². The van der Waals surface area contributed by atoms with Crippen LogP contribution in [0.25, 0.3) is 10.2 Å². The molecule has 2 saturated heterocycles. The monoisotopic (exact) mass is 383 g/mol. The Bertz CT molecular complexity index is 980. The molecule has 4 rings (SSSR count). The van der Waals surface area contributed by atoms with Gasteiger partial charge in [-0.2, -0.15) is 0 Å². The highest BCUT2D eigenvalue weighted by atomic mass is 32.1. The second-order valence-corrected chi connectivity index (χ2v) is 8.60. The quantitative estimate of drug-likeness (QED) is 0.884. The molecular formula is C20H21N3O3S. The maximum absolute atomic E-state index is 13.0. The summed E-state index contributed by atoms with van der Waals surface area (Å²) in [4.78, 5) is 43.0. The molecule has 2 aliphatic rings. The maximum Gasteiger partial charge on any atom is 0.253 e. The molecule has 3 heterocycles. The summed E-state index contributed by atoms with van der Waals surface area (Å²) in [6.07, 6.45) is 2.50. The van der Waals surface area contributed by atoms with Crippen LogP contribution in [0.1, 0.15) is 41.6 Å². The fourth-order valence-corrected chi connectivity index (χ4v) is 4.89. The van der Waals surface area contributed by atoms with Crippen LogP contribution in [-0.2, 0) is 16.0 Å². The smallest absolute Gasteiger partial charge is 0.253 e. The number of piperidine rings is 1. The predicted octanol–water partition coefficient (Wildman–Crippen LogP) is 2.68. The number of hydrogen-bond donors (Lipinski definition) is 1. The largest absolute Gasteiger partial charge is 0.338 e. The summed E-state index contributed by atoms with van der Waals surface area (Å²) in [5.41, 5.74) is 1.57. The molecule has 1 atom stereocenters. The van der Waals surface area contributed by atoms with Crippen molar-refractivity contribution in [2.24, 2.45) is 5.41 Å². The van der Waals surface area contributed by atoms with E-state index in [1.807, 2.05) is 6.07 Å². The second-order valence-electron chi connectivity index (χ2n) is 7.48. The Hall–Kier alpha value is -2.54. The van der Waals surface area contributed by atoms with Crippen molar-refractivity contribution in [2.75, 3.05) is 13.1 Å². The van der Waals surface area contributed by atoms with E-state index in [0.717, 1.165) is 33.8 Å². The first kappa shape index (κ1) is 17.9. The molecule has 1 aromatic heterocycles. The average molecular weight is 383 g/mol. The lowest BCUT2D eigenvalue weighted by atomic mass is 9.78. The van der Waals surface area contributed by atoms with Crippen molar-refractivity contribution in [1.82, 2.24) is 15.2 Å². The van der Waals surface area contributed by atoms with Crippen molar-refractivity contribution in [3.8, 4) is 0 Å². The van der Waals surface area contributed by atoms with E-state index in [2.05, 4.69) is 16.9 Å². The van der Waals surface area contributed by atoms with Crippen LogP contribution in [0.2, 0.25) is 0 Å². The van der Waals surface area contributed by atoms with Gasteiger partial charge in [0.2, 0.25) is 5.91 Å². The van der Waals surface area contributed by atoms with Crippen LogP contribution in [-0.4, -0.2) is 40.6 Å². The van der Waals surface area contributed by atoms with Gasteiger partial charge in [0, 0.05) is 24.4 Å². The molecule has 0 radical (unpaired) electrons. The van der Waals surface area contributed by atoms with E-state index in [1.165, 1.54) is 11.3 Å². The first-order chi connectivity index (χ1) is 12.9. The fourth-order valence-electron chi connectivity index (χ4n) is 3.87. The number of likely N-dealkylation sites (tertiary alicyclic amines) is 1. The van der Waals surface area contributed by atoms with Crippen LogP contribution in [0.5, 0.6) is 0 Å². The van der Waals surface area contributed by atoms with Gasteiger partial charge in [-0.3, -0.25) is 14.4 Å². The van der Waals surface area contributed by atoms with Crippen LogP contribution in [0.15, 0.2) is 30.5 Å². The summed E-state index contributed by atoms with van der Waals surface area (Å²) >= 11 is 1.48. The highest BCUT2D eigenvalue weighted by molar-refractivity contribution is 7.18. The topological polar surface area (TPSA) is 79.4 Å². The number of nitrogens with zero attached hydrogens (tertiary/aromatic N) is 2. The van der Waals surface area contributed by atoms with Crippen LogP contribution in [0, 0.1) is 5.41 Å². The number of benzene rings is 1. The molecule has 2 aliphatic heterocycles. The Kier molecular flexibility index (Phi) is 4.34. The Morgan fingerprint density at radius 1 is 1.37 bits per heavy atom. The molecule has 0 bridgehead atoms. The number of amides is 2. The fraction of sp³-hybridized carbons (Fsp3) is 0.400. The Morgan fingerprint density at radius 3 is 2.93 bits per heavy atom. The van der Waals surface area contributed by atoms with Crippen molar-refractivity contribution in [1.29, 1.82) is 0 Å². The van der Waals surface area contributed by atoms with Gasteiger partial charge in [-0.05, 0) is 44.4 Å². The highest BCUT2D eigenvalue weighted by Crippen LogP contribution is 2.39. The van der Waals surface area contributed by atoms with Gasteiger partial charge in [0.25, 0.3) is 5.91 Å². The lowest BCUT2D eigenvalue weighted by Gasteiger charge is -2.33. The third-order valence-corrected chi connectivity index (χ3v) is 6.43. The zero-order valence-electron chi connectivity index (χ0n) is 15.2. The summed E-state index contributed by atoms with van der Waals surface area (Å²) in [7, 11) is 0. The number of aromatic nitrogens is 1. The van der Waals surface area contributed by atoms with E-state index in [4.69, 9.17) is 0 Å². The molecule has 2 aromatic rings. The molecule has 1 N–H and O–H groups in total. The minimum atomic E-state index is -0.490. The zero-order valence-corrected chi connectivity index (χ0v) is 16.0. The van der Waals surface area contributed by atoms with Gasteiger partial charge in [0.05, 0.1) is 22.1 Å². The second kappa shape index (κ2) is 6.56. The highest BCUT2D eigenvalue weighted by Gasteiger charge is 2.47. The lowest BCUT2D eigenvalue weighted by molar-refractivity contribution is -0.131. The van der Waals surface area contributed by atoms with Gasteiger partial charge in [-0.15, -0.1) is 11.3 Å². The summed E-state index contributed by atoms with van der Waals surface area (Å²) in [5.74, 6) is -0.0221. The molecule has 140 valence electrons. The minimum Gasteiger partial charge on any atom is -0.338 e. The van der Waals surface area contributed by atoms with Crippen LogP contribution < -0.4 is 5.32 Å². The maximum atomic E-state index is 13.0. The van der Waals surface area contributed by atoms with Crippen molar-refractivity contribution >= 4 is 39.2 Å². The number of nitrogens with one attached hydrogen (secondary N) is 1. The standard InChI is InChI=1S/C20H21N3O3S/c1-12-5-6-20(19(26)21-12)7-8-23(11-20)18(25)14-3-4-16-15(10-14)22-17(27-16)9-13(2)24/h3-4,10H,1,5-9,11H2,2H3,(H,21,26). The normalized spacial score (nSPS) is 22.5.